The van der Waals surface area contributed by atoms with Crippen molar-refractivity contribution >= 4 is 0 Å². The van der Waals surface area contributed by atoms with Crippen LogP contribution in [0, 0.1) is 19.2 Å². The molecular formula is C24H17F6N5Pt. The van der Waals surface area contributed by atoms with E-state index in [1.165, 1.54) is 13.0 Å². The third-order valence-corrected chi connectivity index (χ3v) is 5.35. The smallest absolute Gasteiger partial charge is 0.344 e. The normalized spacial score (nSPS) is 12.4. The van der Waals surface area contributed by atoms with E-state index in [1.807, 2.05) is 13.8 Å². The van der Waals surface area contributed by atoms with Gasteiger partial charge in [0, 0.05) is 16.8 Å². The molecule has 0 N–H and O–H groups in total. The Morgan fingerprint density at radius 3 is 1.94 bits per heavy atom. The molecular weight excluding hydrogens is 667 g/mol. The van der Waals surface area contributed by atoms with Gasteiger partial charge in [-0.15, -0.1) is 23.8 Å². The Hall–Kier alpha value is -3.07. The maximum atomic E-state index is 13.0. The number of aryl methyl sites for hydroxylation is 1. The van der Waals surface area contributed by atoms with Crippen LogP contribution in [0.4, 0.5) is 26.3 Å². The molecule has 0 saturated heterocycles. The van der Waals surface area contributed by atoms with Crippen molar-refractivity contribution in [3.63, 3.8) is 0 Å². The molecule has 36 heavy (non-hydrogen) atoms. The van der Waals surface area contributed by atoms with E-state index < -0.39 is 29.2 Å². The van der Waals surface area contributed by atoms with Gasteiger partial charge in [-0.1, -0.05) is 37.4 Å². The van der Waals surface area contributed by atoms with Crippen LogP contribution in [0.5, 0.6) is 0 Å². The van der Waals surface area contributed by atoms with E-state index in [2.05, 4.69) is 32.3 Å². The SMILES string of the molecule is Cc1nc(C(F)(F)F)c[c-]c1-c1cccc(C(C)(C)c2cccc(-n3[c-]cc(C(F)(F)F)n3)n2)n1.[Pt+2]. The molecule has 0 aliphatic heterocycles. The van der Waals surface area contributed by atoms with Gasteiger partial charge in [0.25, 0.3) is 0 Å². The predicted octanol–water partition coefficient (Wildman–Crippen LogP) is 5.99. The quantitative estimate of drug-likeness (QED) is 0.196. The predicted molar refractivity (Wildman–Crippen MR) is 113 cm³/mol. The van der Waals surface area contributed by atoms with Crippen LogP contribution in [-0.4, -0.2) is 24.7 Å². The van der Waals surface area contributed by atoms with E-state index >= 15 is 0 Å². The standard InChI is InChI=1S/C24H17F6N5.Pt/c1-14-15(10-11-19(31-14)23(25,26)27)16-6-4-7-17(32-16)22(2,3)18-8-5-9-21(33-18)35-13-12-20(34-35)24(28,29)30;/h4-9,11-12H,1-3H3;/q-2;+2. The monoisotopic (exact) mass is 684 g/mol. The number of halogens is 6. The van der Waals surface area contributed by atoms with Crippen molar-refractivity contribution < 1.29 is 47.4 Å². The topological polar surface area (TPSA) is 56.5 Å². The molecule has 0 fully saturated rings. The molecule has 4 rings (SSSR count). The molecule has 5 nitrogen and oxygen atoms in total. The number of alkyl halides is 6. The first-order chi connectivity index (χ1) is 16.3. The van der Waals surface area contributed by atoms with Gasteiger partial charge in [0.1, 0.15) is 0 Å². The van der Waals surface area contributed by atoms with Crippen LogP contribution in [-0.2, 0) is 38.8 Å². The second-order valence-corrected chi connectivity index (χ2v) is 8.23. The van der Waals surface area contributed by atoms with Crippen molar-refractivity contribution in [2.45, 2.75) is 38.5 Å². The Balaban J connectivity index is 0.00000361. The van der Waals surface area contributed by atoms with Crippen LogP contribution in [0.3, 0.4) is 0 Å². The van der Waals surface area contributed by atoms with Gasteiger partial charge in [-0.3, -0.25) is 10.1 Å². The summed E-state index contributed by atoms with van der Waals surface area (Å²) in [5, 5.41) is 3.50. The Kier molecular flexibility index (Phi) is 7.46. The van der Waals surface area contributed by atoms with E-state index in [9.17, 15) is 26.3 Å². The van der Waals surface area contributed by atoms with E-state index in [4.69, 9.17) is 0 Å². The molecule has 4 aromatic heterocycles. The van der Waals surface area contributed by atoms with Crippen molar-refractivity contribution in [1.29, 1.82) is 0 Å². The minimum atomic E-state index is -4.61. The number of hydrogen-bond acceptors (Lipinski definition) is 4. The van der Waals surface area contributed by atoms with Gasteiger partial charge >= 0.3 is 33.4 Å². The van der Waals surface area contributed by atoms with Crippen molar-refractivity contribution in [1.82, 2.24) is 24.7 Å². The van der Waals surface area contributed by atoms with Gasteiger partial charge in [-0.2, -0.15) is 26.3 Å². The van der Waals surface area contributed by atoms with Crippen LogP contribution in [0.2, 0.25) is 0 Å². The third kappa shape index (κ3) is 5.51. The summed E-state index contributed by atoms with van der Waals surface area (Å²) in [7, 11) is 0. The molecule has 0 bridgehead atoms. The summed E-state index contributed by atoms with van der Waals surface area (Å²) in [5.41, 5.74) is -1.10. The Morgan fingerprint density at radius 1 is 0.750 bits per heavy atom. The van der Waals surface area contributed by atoms with Crippen molar-refractivity contribution in [2.24, 2.45) is 0 Å². The molecule has 0 radical (unpaired) electrons. The molecule has 0 aromatic carbocycles. The largest absolute Gasteiger partial charge is 2.00 e. The van der Waals surface area contributed by atoms with Crippen molar-refractivity contribution in [2.75, 3.05) is 0 Å². The van der Waals surface area contributed by atoms with Gasteiger partial charge in [0.05, 0.1) is 17.2 Å². The molecule has 0 aliphatic carbocycles. The van der Waals surface area contributed by atoms with Gasteiger partial charge in [0.15, 0.2) is 0 Å². The minimum Gasteiger partial charge on any atom is -0.344 e. The fraction of sp³-hybridized carbons (Fsp3) is 0.250. The number of nitrogens with zero attached hydrogens (tertiary/aromatic N) is 5. The zero-order valence-electron chi connectivity index (χ0n) is 18.9. The molecule has 0 amide bonds. The van der Waals surface area contributed by atoms with E-state index in [0.29, 0.717) is 22.6 Å². The zero-order valence-corrected chi connectivity index (χ0v) is 21.2. The Bertz CT molecular complexity index is 1380. The maximum Gasteiger partial charge on any atom is 2.00 e. The van der Waals surface area contributed by atoms with Crippen LogP contribution >= 0.6 is 0 Å². The molecule has 4 aromatic rings. The van der Waals surface area contributed by atoms with Crippen molar-refractivity contribution in [3.8, 4) is 17.1 Å². The average Bonchev–Trinajstić information content (AvgIpc) is 3.30. The Morgan fingerprint density at radius 2 is 1.36 bits per heavy atom. The fourth-order valence-corrected chi connectivity index (χ4v) is 3.40. The molecule has 0 atom stereocenters. The summed E-state index contributed by atoms with van der Waals surface area (Å²) >= 11 is 0. The summed E-state index contributed by atoms with van der Waals surface area (Å²) in [5.74, 6) is 0.137. The zero-order chi connectivity index (χ0) is 25.6. The summed E-state index contributed by atoms with van der Waals surface area (Å²) in [6, 6.07) is 14.0. The van der Waals surface area contributed by atoms with Gasteiger partial charge in [-0.05, 0) is 37.4 Å². The molecule has 4 heterocycles. The summed E-state index contributed by atoms with van der Waals surface area (Å²) in [4.78, 5) is 12.7. The maximum absolute atomic E-state index is 13.0. The van der Waals surface area contributed by atoms with Gasteiger partial charge < -0.3 is 14.6 Å². The number of rotatable bonds is 4. The van der Waals surface area contributed by atoms with E-state index in [-0.39, 0.29) is 32.6 Å². The Labute approximate surface area is 216 Å². The average molecular weight is 685 g/mol. The first-order valence-corrected chi connectivity index (χ1v) is 10.2. The van der Waals surface area contributed by atoms with Gasteiger partial charge in [-0.25, -0.2) is 0 Å². The fourth-order valence-electron chi connectivity index (χ4n) is 3.40. The summed E-state index contributed by atoms with van der Waals surface area (Å²) in [6.07, 6.45) is -6.77. The number of hydrogen-bond donors (Lipinski definition) is 0. The second kappa shape index (κ2) is 9.76. The van der Waals surface area contributed by atoms with Crippen LogP contribution < -0.4 is 0 Å². The second-order valence-electron chi connectivity index (χ2n) is 8.23. The molecule has 12 heteroatoms. The van der Waals surface area contributed by atoms with E-state index in [0.717, 1.165) is 16.8 Å². The van der Waals surface area contributed by atoms with Crippen LogP contribution in [0.15, 0.2) is 48.5 Å². The molecule has 0 unspecified atom stereocenters. The van der Waals surface area contributed by atoms with Crippen LogP contribution in [0.1, 0.15) is 42.3 Å². The van der Waals surface area contributed by atoms with E-state index in [1.54, 1.807) is 30.3 Å². The molecule has 190 valence electrons. The summed E-state index contributed by atoms with van der Waals surface area (Å²) < 4.78 is 78.5. The number of pyridine rings is 3. The number of aromatic nitrogens is 5. The van der Waals surface area contributed by atoms with Crippen molar-refractivity contribution in [3.05, 3.63) is 89.3 Å². The van der Waals surface area contributed by atoms with Gasteiger partial charge in [0.2, 0.25) is 0 Å². The third-order valence-electron chi connectivity index (χ3n) is 5.35. The minimum absolute atomic E-state index is 0. The first-order valence-electron chi connectivity index (χ1n) is 10.2. The summed E-state index contributed by atoms with van der Waals surface area (Å²) in [6.45, 7) is 5.09. The molecule has 0 saturated carbocycles. The first kappa shape index (κ1) is 27.5. The molecule has 0 aliphatic rings. The van der Waals surface area contributed by atoms with Crippen LogP contribution in [0.25, 0.3) is 17.1 Å². The molecule has 0 spiro atoms.